The first kappa shape index (κ1) is 25.2. The topological polar surface area (TPSA) is 79.0 Å². The van der Waals surface area contributed by atoms with Gasteiger partial charge in [0.1, 0.15) is 0 Å². The summed E-state index contributed by atoms with van der Waals surface area (Å²) in [5.74, 6) is 0.537. The molecule has 0 radical (unpaired) electrons. The lowest BCUT2D eigenvalue weighted by molar-refractivity contribution is 0.398. The molecule has 0 saturated heterocycles. The predicted molar refractivity (Wildman–Crippen MR) is 145 cm³/mol. The van der Waals surface area contributed by atoms with Gasteiger partial charge in [-0.3, -0.25) is 0 Å². The first-order valence-electron chi connectivity index (χ1n) is 11.3. The summed E-state index contributed by atoms with van der Waals surface area (Å²) in [6, 6.07) is 21.2. The lowest BCUT2D eigenvalue weighted by Gasteiger charge is -2.26. The van der Waals surface area contributed by atoms with Gasteiger partial charge in [-0.05, 0) is 47.6 Å². The maximum Gasteiger partial charge on any atom is 0.213 e. The third-order valence-corrected chi connectivity index (χ3v) is 6.40. The normalized spacial score (nSPS) is 10.5. The van der Waals surface area contributed by atoms with Crippen LogP contribution in [0.1, 0.15) is 22.4 Å². The fourth-order valence-corrected chi connectivity index (χ4v) is 4.16. The predicted octanol–water partition coefficient (Wildman–Crippen LogP) is 5.30. The largest absolute Gasteiger partial charge is 0.481 e. The monoisotopic (exact) mass is 516 g/mol. The minimum atomic E-state index is 0.537. The van der Waals surface area contributed by atoms with Crippen molar-refractivity contribution >= 4 is 34.6 Å². The van der Waals surface area contributed by atoms with Crippen molar-refractivity contribution in [2.75, 3.05) is 19.0 Å². The van der Waals surface area contributed by atoms with Gasteiger partial charge in [0.05, 0.1) is 37.0 Å². The first-order chi connectivity index (χ1) is 17.6. The number of pyridine rings is 1. The van der Waals surface area contributed by atoms with Crippen molar-refractivity contribution < 1.29 is 4.74 Å². The number of rotatable bonds is 9. The molecule has 2 heterocycles. The van der Waals surface area contributed by atoms with E-state index < -0.39 is 0 Å². The van der Waals surface area contributed by atoms with E-state index >= 15 is 0 Å². The van der Waals surface area contributed by atoms with Crippen LogP contribution in [0.3, 0.4) is 0 Å². The van der Waals surface area contributed by atoms with Crippen LogP contribution in [0.4, 0.5) is 5.69 Å². The van der Waals surface area contributed by atoms with Crippen molar-refractivity contribution in [1.29, 1.82) is 5.26 Å². The van der Waals surface area contributed by atoms with Crippen LogP contribution in [0.25, 0.3) is 0 Å². The smallest absolute Gasteiger partial charge is 0.213 e. The number of hydrogen-bond donors (Lipinski definition) is 1. The Kier molecular flexibility index (Phi) is 8.50. The van der Waals surface area contributed by atoms with E-state index in [1.54, 1.807) is 19.4 Å². The van der Waals surface area contributed by atoms with Crippen molar-refractivity contribution in [2.24, 2.45) is 0 Å². The molecule has 0 fully saturated rings. The van der Waals surface area contributed by atoms with Gasteiger partial charge in [-0.2, -0.15) is 5.26 Å². The van der Waals surface area contributed by atoms with Crippen LogP contribution >= 0.6 is 23.8 Å². The maximum atomic E-state index is 9.03. The molecule has 0 saturated carbocycles. The summed E-state index contributed by atoms with van der Waals surface area (Å²) < 4.78 is 7.25. The molecule has 36 heavy (non-hydrogen) atoms. The van der Waals surface area contributed by atoms with Crippen LogP contribution < -0.4 is 10.1 Å². The van der Waals surface area contributed by atoms with Crippen LogP contribution in [-0.4, -0.2) is 38.2 Å². The van der Waals surface area contributed by atoms with Crippen LogP contribution in [0.2, 0.25) is 5.02 Å². The Morgan fingerprint density at radius 3 is 2.64 bits per heavy atom. The number of thiocarbonyl (C=S) groups is 1. The van der Waals surface area contributed by atoms with Crippen molar-refractivity contribution in [3.8, 4) is 11.9 Å². The average molecular weight is 517 g/mol. The summed E-state index contributed by atoms with van der Waals surface area (Å²) in [5, 5.41) is 13.6. The van der Waals surface area contributed by atoms with Gasteiger partial charge in [0.25, 0.3) is 0 Å². The number of imidazole rings is 1. The summed E-state index contributed by atoms with van der Waals surface area (Å²) in [5.41, 5.74) is 4.59. The zero-order valence-corrected chi connectivity index (χ0v) is 21.3. The summed E-state index contributed by atoms with van der Waals surface area (Å²) in [4.78, 5) is 10.7. The molecule has 0 aliphatic heterocycles. The lowest BCUT2D eigenvalue weighted by atomic mass is 10.1. The number of hydrogen-bond acceptors (Lipinski definition) is 5. The summed E-state index contributed by atoms with van der Waals surface area (Å²) in [6.07, 6.45) is 6.11. The van der Waals surface area contributed by atoms with Gasteiger partial charge in [-0.15, -0.1) is 0 Å². The van der Waals surface area contributed by atoms with Crippen molar-refractivity contribution in [2.45, 2.75) is 19.5 Å². The van der Waals surface area contributed by atoms with E-state index in [0.29, 0.717) is 41.2 Å². The molecule has 0 unspecified atom stereocenters. The highest BCUT2D eigenvalue weighted by atomic mass is 35.5. The van der Waals surface area contributed by atoms with Crippen LogP contribution in [0.15, 0.2) is 79.4 Å². The Bertz CT molecular complexity index is 1350. The van der Waals surface area contributed by atoms with Crippen LogP contribution in [0, 0.1) is 11.3 Å². The molecule has 7 nitrogen and oxygen atoms in total. The second-order valence-corrected chi connectivity index (χ2v) is 8.90. The average Bonchev–Trinajstić information content (AvgIpc) is 3.35. The standard InChI is InChI=1S/C27H25ClN6OS/c1-35-26-11-10-23(15-31-26)32-27(36)33(18-22-4-2-3-5-25(22)28)13-12-24-16-30-19-34(24)17-21-8-6-20(14-29)7-9-21/h2-11,15-16,19H,12-13,17-18H2,1H3,(H,32,36). The second-order valence-electron chi connectivity index (χ2n) is 8.10. The summed E-state index contributed by atoms with van der Waals surface area (Å²) >= 11 is 12.2. The number of nitrogens with one attached hydrogen (secondary N) is 1. The summed E-state index contributed by atoms with van der Waals surface area (Å²) in [7, 11) is 1.58. The van der Waals surface area contributed by atoms with Crippen LogP contribution in [0.5, 0.6) is 5.88 Å². The highest BCUT2D eigenvalue weighted by molar-refractivity contribution is 7.80. The third kappa shape index (κ3) is 6.60. The number of nitrogens with zero attached hydrogens (tertiary/aromatic N) is 5. The molecule has 0 amide bonds. The van der Waals surface area contributed by atoms with E-state index in [-0.39, 0.29) is 0 Å². The van der Waals surface area contributed by atoms with Crippen molar-refractivity contribution in [3.63, 3.8) is 0 Å². The van der Waals surface area contributed by atoms with Crippen molar-refractivity contribution in [3.05, 3.63) is 107 Å². The SMILES string of the molecule is COc1ccc(NC(=S)N(CCc2cncn2Cc2ccc(C#N)cc2)Cc2ccccc2Cl)cn1. The summed E-state index contributed by atoms with van der Waals surface area (Å²) in [6.45, 7) is 1.88. The van der Waals surface area contributed by atoms with Crippen LogP contribution in [-0.2, 0) is 19.5 Å². The zero-order chi connectivity index (χ0) is 25.3. The molecule has 9 heteroatoms. The van der Waals surface area contributed by atoms with E-state index in [1.807, 2.05) is 67.1 Å². The number of anilines is 1. The highest BCUT2D eigenvalue weighted by Gasteiger charge is 2.15. The molecule has 0 aliphatic carbocycles. The molecular formula is C27H25ClN6OS. The number of methoxy groups -OCH3 is 1. The van der Waals surface area contributed by atoms with Gasteiger partial charge in [0.15, 0.2) is 5.11 Å². The Hall–Kier alpha value is -3.93. The number of nitriles is 1. The Morgan fingerprint density at radius 2 is 1.94 bits per heavy atom. The zero-order valence-electron chi connectivity index (χ0n) is 19.8. The fourth-order valence-electron chi connectivity index (χ4n) is 3.69. The Balaban J connectivity index is 1.48. The molecule has 182 valence electrons. The maximum absolute atomic E-state index is 9.03. The van der Waals surface area contributed by atoms with E-state index in [2.05, 4.69) is 30.8 Å². The van der Waals surface area contributed by atoms with Gasteiger partial charge < -0.3 is 19.5 Å². The van der Waals surface area contributed by atoms with Gasteiger partial charge in [-0.25, -0.2) is 9.97 Å². The Morgan fingerprint density at radius 1 is 1.14 bits per heavy atom. The number of halogens is 1. The van der Waals surface area contributed by atoms with Gasteiger partial charge >= 0.3 is 0 Å². The van der Waals surface area contributed by atoms with E-state index in [9.17, 15) is 0 Å². The minimum absolute atomic E-state index is 0.537. The number of benzene rings is 2. The van der Waals surface area contributed by atoms with Crippen molar-refractivity contribution in [1.82, 2.24) is 19.4 Å². The third-order valence-electron chi connectivity index (χ3n) is 5.68. The molecule has 4 aromatic rings. The van der Waals surface area contributed by atoms with Gasteiger partial charge in [0, 0.05) is 49.0 Å². The second kappa shape index (κ2) is 12.2. The van der Waals surface area contributed by atoms with E-state index in [1.165, 1.54) is 0 Å². The number of aromatic nitrogens is 3. The quantitative estimate of drug-likeness (QED) is 0.302. The van der Waals surface area contributed by atoms with E-state index in [0.717, 1.165) is 28.9 Å². The molecule has 4 rings (SSSR count). The lowest BCUT2D eigenvalue weighted by Crippen LogP contribution is -2.36. The molecule has 0 spiro atoms. The molecule has 2 aromatic carbocycles. The first-order valence-corrected chi connectivity index (χ1v) is 12.1. The Labute approximate surface area is 220 Å². The molecule has 2 aromatic heterocycles. The minimum Gasteiger partial charge on any atom is -0.481 e. The molecule has 1 N–H and O–H groups in total. The van der Waals surface area contributed by atoms with Gasteiger partial charge in [-0.1, -0.05) is 41.9 Å². The number of ether oxygens (including phenoxy) is 1. The van der Waals surface area contributed by atoms with Gasteiger partial charge in [0.2, 0.25) is 5.88 Å². The van der Waals surface area contributed by atoms with E-state index in [4.69, 9.17) is 33.8 Å². The molecule has 0 aliphatic rings. The molecule has 0 bridgehead atoms. The molecule has 0 atom stereocenters. The highest BCUT2D eigenvalue weighted by Crippen LogP contribution is 2.19. The fraction of sp³-hybridized carbons (Fsp3) is 0.185. The molecular weight excluding hydrogens is 492 g/mol.